The molecule has 14 heteroatoms. The SMILES string of the molecule is CC/C=C\C/C=C\C/C=C\C/C=C\C/C=C\CC(=O)NC(COC1OC(CO)C(OC2OC(CO)C(O)C(O)C2O)C(O)C1O)C(O)CCCCCCCCCCC. The molecule has 0 radical (unpaired) electrons. The van der Waals surface area contributed by atoms with Crippen LogP contribution in [0.2, 0.25) is 0 Å². The number of allylic oxidation sites excluding steroid dienone is 9. The molecule has 2 aliphatic heterocycles. The quantitative estimate of drug-likeness (QED) is 0.0374. The lowest BCUT2D eigenvalue weighted by molar-refractivity contribution is -0.359. The van der Waals surface area contributed by atoms with Gasteiger partial charge < -0.3 is 65.1 Å². The fourth-order valence-corrected chi connectivity index (χ4v) is 6.71. The Kier molecular flexibility index (Phi) is 28.2. The maximum Gasteiger partial charge on any atom is 0.224 e. The largest absolute Gasteiger partial charge is 0.394 e. The number of carbonyl (C=O) groups is 1. The molecule has 9 N–H and O–H groups in total. The highest BCUT2D eigenvalue weighted by atomic mass is 16.7. The molecule has 2 rings (SSSR count). The summed E-state index contributed by atoms with van der Waals surface area (Å²) in [5.74, 6) is -0.340. The number of hydrogen-bond donors (Lipinski definition) is 9. The Morgan fingerprint density at radius 1 is 0.621 bits per heavy atom. The van der Waals surface area contributed by atoms with E-state index in [-0.39, 0.29) is 18.9 Å². The average Bonchev–Trinajstić information content (AvgIpc) is 3.22. The number of hydrogen-bond acceptors (Lipinski definition) is 13. The minimum Gasteiger partial charge on any atom is -0.394 e. The second-order valence-electron chi connectivity index (χ2n) is 15.1. The van der Waals surface area contributed by atoms with E-state index in [0.29, 0.717) is 12.8 Å². The Labute approximate surface area is 345 Å². The zero-order chi connectivity index (χ0) is 42.5. The normalized spacial score (nSPS) is 29.4. The third-order valence-corrected chi connectivity index (χ3v) is 10.3. The van der Waals surface area contributed by atoms with Gasteiger partial charge in [0.2, 0.25) is 5.91 Å². The number of nitrogens with one attached hydrogen (secondary N) is 1. The molecular formula is C44H75NO13. The second kappa shape index (κ2) is 31.5. The number of aliphatic hydroxyl groups is 8. The fourth-order valence-electron chi connectivity index (χ4n) is 6.71. The van der Waals surface area contributed by atoms with Crippen molar-refractivity contribution in [3.05, 3.63) is 60.8 Å². The van der Waals surface area contributed by atoms with E-state index in [9.17, 15) is 45.6 Å². The lowest BCUT2D eigenvalue weighted by Gasteiger charge is -2.46. The summed E-state index contributed by atoms with van der Waals surface area (Å²) in [5.41, 5.74) is 0. The van der Waals surface area contributed by atoms with Crippen LogP contribution in [0.3, 0.4) is 0 Å². The van der Waals surface area contributed by atoms with E-state index < -0.39 is 86.8 Å². The first kappa shape index (κ1) is 51.8. The summed E-state index contributed by atoms with van der Waals surface area (Å²) < 4.78 is 22.6. The van der Waals surface area contributed by atoms with Gasteiger partial charge >= 0.3 is 0 Å². The van der Waals surface area contributed by atoms with E-state index in [2.05, 4.69) is 61.7 Å². The van der Waals surface area contributed by atoms with E-state index in [4.69, 9.17) is 18.9 Å². The Morgan fingerprint density at radius 3 is 1.67 bits per heavy atom. The van der Waals surface area contributed by atoms with Crippen molar-refractivity contribution in [3.8, 4) is 0 Å². The van der Waals surface area contributed by atoms with Crippen LogP contribution in [0.1, 0.15) is 117 Å². The Balaban J connectivity index is 1.94. The molecule has 2 fully saturated rings. The predicted octanol–water partition coefficient (Wildman–Crippen LogP) is 3.54. The molecule has 0 spiro atoms. The summed E-state index contributed by atoms with van der Waals surface area (Å²) in [5, 5.41) is 86.3. The molecule has 0 aromatic rings. The zero-order valence-corrected chi connectivity index (χ0v) is 34.8. The molecule has 0 aromatic heterocycles. The van der Waals surface area contributed by atoms with E-state index in [1.807, 2.05) is 12.2 Å². The van der Waals surface area contributed by atoms with Gasteiger partial charge in [-0.1, -0.05) is 132 Å². The zero-order valence-electron chi connectivity index (χ0n) is 34.8. The van der Waals surface area contributed by atoms with Crippen molar-refractivity contribution in [2.45, 2.75) is 190 Å². The smallest absolute Gasteiger partial charge is 0.224 e. The molecule has 2 aliphatic rings. The van der Waals surface area contributed by atoms with Crippen LogP contribution in [-0.4, -0.2) is 140 Å². The molecule has 14 nitrogen and oxygen atoms in total. The number of ether oxygens (including phenoxy) is 4. The number of rotatable bonds is 30. The van der Waals surface area contributed by atoms with Gasteiger partial charge in [0.05, 0.1) is 32.0 Å². The van der Waals surface area contributed by atoms with Crippen LogP contribution in [0.4, 0.5) is 0 Å². The molecular weight excluding hydrogens is 750 g/mol. The molecule has 1 amide bonds. The van der Waals surface area contributed by atoms with Crippen molar-refractivity contribution < 1.29 is 64.6 Å². The van der Waals surface area contributed by atoms with E-state index >= 15 is 0 Å². The average molecular weight is 826 g/mol. The van der Waals surface area contributed by atoms with Crippen LogP contribution in [0.15, 0.2) is 60.8 Å². The van der Waals surface area contributed by atoms with Gasteiger partial charge in [-0.15, -0.1) is 0 Å². The molecule has 12 atom stereocenters. The van der Waals surface area contributed by atoms with Crippen molar-refractivity contribution >= 4 is 5.91 Å². The maximum absolute atomic E-state index is 13.0. The third-order valence-electron chi connectivity index (χ3n) is 10.3. The summed E-state index contributed by atoms with van der Waals surface area (Å²) in [4.78, 5) is 13.0. The predicted molar refractivity (Wildman–Crippen MR) is 221 cm³/mol. The Bertz CT molecular complexity index is 1210. The van der Waals surface area contributed by atoms with Crippen LogP contribution in [-0.2, 0) is 23.7 Å². The second-order valence-corrected chi connectivity index (χ2v) is 15.1. The molecule has 0 aromatic carbocycles. The van der Waals surface area contributed by atoms with E-state index in [1.54, 1.807) is 6.08 Å². The van der Waals surface area contributed by atoms with Crippen LogP contribution in [0, 0.1) is 0 Å². The number of amides is 1. The first-order valence-electron chi connectivity index (χ1n) is 21.5. The molecule has 0 aliphatic carbocycles. The van der Waals surface area contributed by atoms with Gasteiger partial charge in [-0.25, -0.2) is 0 Å². The van der Waals surface area contributed by atoms with E-state index in [1.165, 1.54) is 32.1 Å². The highest BCUT2D eigenvalue weighted by molar-refractivity contribution is 5.77. The van der Waals surface area contributed by atoms with E-state index in [0.717, 1.165) is 51.4 Å². The van der Waals surface area contributed by atoms with Gasteiger partial charge in [-0.3, -0.25) is 4.79 Å². The van der Waals surface area contributed by atoms with Crippen LogP contribution in [0.5, 0.6) is 0 Å². The molecule has 0 saturated carbocycles. The molecule has 2 saturated heterocycles. The van der Waals surface area contributed by atoms with Crippen molar-refractivity contribution in [1.82, 2.24) is 5.32 Å². The van der Waals surface area contributed by atoms with Gasteiger partial charge in [0, 0.05) is 6.42 Å². The number of carbonyl (C=O) groups excluding carboxylic acids is 1. The summed E-state index contributed by atoms with van der Waals surface area (Å²) in [6.45, 7) is 2.59. The summed E-state index contributed by atoms with van der Waals surface area (Å²) in [7, 11) is 0. The summed E-state index contributed by atoms with van der Waals surface area (Å²) >= 11 is 0. The van der Waals surface area contributed by atoms with Crippen molar-refractivity contribution in [3.63, 3.8) is 0 Å². The highest BCUT2D eigenvalue weighted by Gasteiger charge is 2.50. The molecule has 334 valence electrons. The highest BCUT2D eigenvalue weighted by Crippen LogP contribution is 2.30. The number of unbranched alkanes of at least 4 members (excludes halogenated alkanes) is 8. The molecule has 12 unspecified atom stereocenters. The van der Waals surface area contributed by atoms with Crippen molar-refractivity contribution in [1.29, 1.82) is 0 Å². The molecule has 2 heterocycles. The van der Waals surface area contributed by atoms with Crippen LogP contribution in [0.25, 0.3) is 0 Å². The molecule has 0 bridgehead atoms. The minimum atomic E-state index is -1.79. The first-order valence-corrected chi connectivity index (χ1v) is 21.5. The van der Waals surface area contributed by atoms with Crippen LogP contribution < -0.4 is 5.32 Å². The van der Waals surface area contributed by atoms with Gasteiger partial charge in [0.1, 0.15) is 48.8 Å². The summed E-state index contributed by atoms with van der Waals surface area (Å²) in [6.07, 6.45) is 18.5. The Hall–Kier alpha value is -2.31. The molecule has 58 heavy (non-hydrogen) atoms. The van der Waals surface area contributed by atoms with Gasteiger partial charge in [-0.2, -0.15) is 0 Å². The third kappa shape index (κ3) is 19.8. The van der Waals surface area contributed by atoms with Crippen molar-refractivity contribution in [2.75, 3.05) is 19.8 Å². The Morgan fingerprint density at radius 2 is 1.12 bits per heavy atom. The monoisotopic (exact) mass is 826 g/mol. The first-order chi connectivity index (χ1) is 28.1. The number of aliphatic hydroxyl groups excluding tert-OH is 8. The standard InChI is InChI=1S/C44H75NO13/c1-3-5-7-9-11-13-14-15-16-17-18-20-22-24-26-28-36(49)45-32(33(48)27-25-23-21-19-12-10-8-6-4-2)31-55-43-41(54)39(52)42(35(30-47)57-43)58-44-40(53)38(51)37(50)34(29-46)56-44/h5,7,11,13,15-16,18,20,24,26,32-35,37-44,46-48,50-54H,3-4,6,8-10,12,14,17,19,21-23,25,27-31H2,1-2H3,(H,45,49)/b7-5-,13-11-,16-15-,20-18-,26-24-. The fraction of sp³-hybridized carbons (Fsp3) is 0.750. The summed E-state index contributed by atoms with van der Waals surface area (Å²) in [6, 6.07) is -0.882. The minimum absolute atomic E-state index is 0.0690. The van der Waals surface area contributed by atoms with Gasteiger partial charge in [0.15, 0.2) is 12.6 Å². The maximum atomic E-state index is 13.0. The van der Waals surface area contributed by atoms with Crippen molar-refractivity contribution in [2.24, 2.45) is 0 Å². The lowest BCUT2D eigenvalue weighted by Crippen LogP contribution is -2.65. The van der Waals surface area contributed by atoms with Crippen LogP contribution >= 0.6 is 0 Å². The van der Waals surface area contributed by atoms with Gasteiger partial charge in [-0.05, 0) is 38.5 Å². The topological polar surface area (TPSA) is 228 Å². The van der Waals surface area contributed by atoms with Gasteiger partial charge in [0.25, 0.3) is 0 Å². The lowest BCUT2D eigenvalue weighted by atomic mass is 9.97.